The van der Waals surface area contributed by atoms with Gasteiger partial charge in [-0.1, -0.05) is 0 Å². The second-order valence-electron chi connectivity index (χ2n) is 2.89. The number of carbonyl (C=O) groups excluding carboxylic acids is 1. The fourth-order valence-electron chi connectivity index (χ4n) is 1.07. The average molecular weight is 296 g/mol. The number of carbonyl (C=O) groups is 1. The Kier molecular flexibility index (Phi) is 4.17. The van der Waals surface area contributed by atoms with Gasteiger partial charge < -0.3 is 9.84 Å². The maximum atomic E-state index is 12.6. The van der Waals surface area contributed by atoms with Crippen LogP contribution in [0, 0.1) is 0 Å². The topological polar surface area (TPSA) is 59.4 Å². The summed E-state index contributed by atoms with van der Waals surface area (Å²) in [4.78, 5) is 14.6. The first-order valence-electron chi connectivity index (χ1n) is 4.19. The van der Waals surface area contributed by atoms with E-state index in [-0.39, 0.29) is 16.7 Å². The molecule has 0 unspecified atom stereocenters. The summed E-state index contributed by atoms with van der Waals surface area (Å²) in [6, 6.07) is 0.875. The highest BCUT2D eigenvalue weighted by molar-refractivity contribution is 9.10. The largest absolute Gasteiger partial charge is 0.505 e. The van der Waals surface area contributed by atoms with Crippen molar-refractivity contribution in [3.63, 3.8) is 0 Å². The van der Waals surface area contributed by atoms with E-state index in [2.05, 4.69) is 25.7 Å². The molecule has 0 fully saturated rings. The smallest absolute Gasteiger partial charge is 0.311 e. The van der Waals surface area contributed by atoms with Gasteiger partial charge in [-0.25, -0.2) is 13.8 Å². The molecular weight excluding hydrogens is 288 g/mol. The second kappa shape index (κ2) is 5.20. The van der Waals surface area contributed by atoms with Crippen LogP contribution in [0.25, 0.3) is 0 Å². The number of hydrogen-bond acceptors (Lipinski definition) is 4. The predicted octanol–water partition coefficient (Wildman–Crippen LogP) is 2.20. The molecule has 0 radical (unpaired) electrons. The van der Waals surface area contributed by atoms with Gasteiger partial charge in [-0.3, -0.25) is 4.79 Å². The van der Waals surface area contributed by atoms with Crippen molar-refractivity contribution in [3.05, 3.63) is 21.9 Å². The summed E-state index contributed by atoms with van der Waals surface area (Å²) < 4.78 is 29.5. The molecule has 0 atom stereocenters. The Morgan fingerprint density at radius 3 is 2.81 bits per heavy atom. The van der Waals surface area contributed by atoms with Gasteiger partial charge in [-0.05, 0) is 22.0 Å². The highest BCUT2D eigenvalue weighted by Crippen LogP contribution is 2.30. The van der Waals surface area contributed by atoms with Gasteiger partial charge in [0, 0.05) is 5.56 Å². The van der Waals surface area contributed by atoms with Crippen molar-refractivity contribution in [2.75, 3.05) is 7.11 Å². The van der Waals surface area contributed by atoms with Crippen LogP contribution >= 0.6 is 15.9 Å². The summed E-state index contributed by atoms with van der Waals surface area (Å²) in [6.45, 7) is 0. The van der Waals surface area contributed by atoms with Crippen LogP contribution in [0.2, 0.25) is 0 Å². The fourth-order valence-corrected chi connectivity index (χ4v) is 1.40. The number of aromatic nitrogens is 1. The molecule has 16 heavy (non-hydrogen) atoms. The zero-order chi connectivity index (χ0) is 12.3. The van der Waals surface area contributed by atoms with Crippen molar-refractivity contribution in [1.29, 1.82) is 0 Å². The van der Waals surface area contributed by atoms with E-state index in [1.54, 1.807) is 0 Å². The molecule has 0 aliphatic carbocycles. The Hall–Kier alpha value is -1.24. The molecule has 0 aromatic carbocycles. The molecule has 0 amide bonds. The lowest BCUT2D eigenvalue weighted by atomic mass is 10.1. The molecular formula is C9H8BrF2NO3. The molecule has 1 N–H and O–H groups in total. The molecule has 0 saturated carbocycles. The lowest BCUT2D eigenvalue weighted by Crippen LogP contribution is -2.09. The molecule has 0 aliphatic rings. The number of hydrogen-bond donors (Lipinski definition) is 1. The maximum Gasteiger partial charge on any atom is 0.311 e. The molecule has 1 aromatic heterocycles. The third kappa shape index (κ3) is 2.88. The highest BCUT2D eigenvalue weighted by Gasteiger charge is 2.19. The van der Waals surface area contributed by atoms with E-state index in [1.165, 1.54) is 0 Å². The zero-order valence-electron chi connectivity index (χ0n) is 8.21. The molecule has 88 valence electrons. The normalized spacial score (nSPS) is 10.6. The van der Waals surface area contributed by atoms with Gasteiger partial charge in [0.15, 0.2) is 0 Å². The van der Waals surface area contributed by atoms with Crippen molar-refractivity contribution >= 4 is 21.9 Å². The molecule has 1 aromatic rings. The first-order chi connectivity index (χ1) is 7.45. The zero-order valence-corrected chi connectivity index (χ0v) is 9.79. The predicted molar refractivity (Wildman–Crippen MR) is 54.3 cm³/mol. The molecule has 0 bridgehead atoms. The van der Waals surface area contributed by atoms with Gasteiger partial charge in [-0.2, -0.15) is 0 Å². The lowest BCUT2D eigenvalue weighted by Gasteiger charge is -2.08. The quantitative estimate of drug-likeness (QED) is 0.686. The van der Waals surface area contributed by atoms with Gasteiger partial charge >= 0.3 is 5.97 Å². The lowest BCUT2D eigenvalue weighted by molar-refractivity contribution is -0.139. The van der Waals surface area contributed by atoms with Crippen LogP contribution in [0.3, 0.4) is 0 Å². The first-order valence-corrected chi connectivity index (χ1v) is 4.98. The van der Waals surface area contributed by atoms with Gasteiger partial charge in [0.2, 0.25) is 0 Å². The number of methoxy groups -OCH3 is 1. The van der Waals surface area contributed by atoms with E-state index in [9.17, 15) is 18.7 Å². The number of ether oxygens (including phenoxy) is 1. The standard InChI is InChI=1S/C9H8BrF2NO3/c1-16-7(15)3-5-4(9(11)12)2-6(14)8(10)13-5/h2,9,14H,3H2,1H3. The minimum absolute atomic E-state index is 0.0100. The third-order valence-corrected chi connectivity index (χ3v) is 2.43. The van der Waals surface area contributed by atoms with Crippen LogP contribution in [0.1, 0.15) is 17.7 Å². The van der Waals surface area contributed by atoms with E-state index in [1.807, 2.05) is 0 Å². The summed E-state index contributed by atoms with van der Waals surface area (Å²) in [7, 11) is 1.15. The Balaban J connectivity index is 3.14. The Morgan fingerprint density at radius 1 is 1.69 bits per heavy atom. The van der Waals surface area contributed by atoms with Crippen molar-refractivity contribution in [2.24, 2.45) is 0 Å². The number of rotatable bonds is 3. The van der Waals surface area contributed by atoms with Crippen LogP contribution in [-0.2, 0) is 16.0 Å². The third-order valence-electron chi connectivity index (χ3n) is 1.84. The summed E-state index contributed by atoms with van der Waals surface area (Å²) in [5.41, 5.74) is -0.599. The number of alkyl halides is 2. The molecule has 0 aliphatic heterocycles. The molecule has 7 heteroatoms. The first kappa shape index (κ1) is 12.8. The summed E-state index contributed by atoms with van der Waals surface area (Å²) >= 11 is 2.88. The highest BCUT2D eigenvalue weighted by atomic mass is 79.9. The van der Waals surface area contributed by atoms with E-state index in [0.717, 1.165) is 13.2 Å². The molecule has 1 rings (SSSR count). The second-order valence-corrected chi connectivity index (χ2v) is 3.64. The number of aromatic hydroxyl groups is 1. The number of esters is 1. The SMILES string of the molecule is COC(=O)Cc1nc(Br)c(O)cc1C(F)F. The Morgan fingerprint density at radius 2 is 2.31 bits per heavy atom. The van der Waals surface area contributed by atoms with Crippen molar-refractivity contribution < 1.29 is 23.4 Å². The van der Waals surface area contributed by atoms with Gasteiger partial charge in [0.1, 0.15) is 10.4 Å². The van der Waals surface area contributed by atoms with E-state index < -0.39 is 23.7 Å². The minimum atomic E-state index is -2.81. The molecule has 0 spiro atoms. The van der Waals surface area contributed by atoms with Crippen molar-refractivity contribution in [3.8, 4) is 5.75 Å². The monoisotopic (exact) mass is 295 g/mol. The number of nitrogens with zero attached hydrogens (tertiary/aromatic N) is 1. The number of pyridine rings is 1. The summed E-state index contributed by atoms with van der Waals surface area (Å²) in [5.74, 6) is -1.07. The Labute approximate surface area is 98.4 Å². The summed E-state index contributed by atoms with van der Waals surface area (Å²) in [6.07, 6.45) is -3.18. The van der Waals surface area contributed by atoms with E-state index >= 15 is 0 Å². The molecule has 0 saturated heterocycles. The minimum Gasteiger partial charge on any atom is -0.505 e. The van der Waals surface area contributed by atoms with Crippen LogP contribution < -0.4 is 0 Å². The van der Waals surface area contributed by atoms with Gasteiger partial charge in [0.05, 0.1) is 19.2 Å². The van der Waals surface area contributed by atoms with Gasteiger partial charge in [0.25, 0.3) is 6.43 Å². The summed E-state index contributed by atoms with van der Waals surface area (Å²) in [5, 5.41) is 9.21. The number of halogens is 3. The van der Waals surface area contributed by atoms with E-state index in [0.29, 0.717) is 0 Å². The van der Waals surface area contributed by atoms with Gasteiger partial charge in [-0.15, -0.1) is 0 Å². The average Bonchev–Trinajstić information content (AvgIpc) is 2.22. The van der Waals surface area contributed by atoms with E-state index in [4.69, 9.17) is 0 Å². The molecule has 1 heterocycles. The van der Waals surface area contributed by atoms with Crippen LogP contribution in [0.15, 0.2) is 10.7 Å². The van der Waals surface area contributed by atoms with Crippen LogP contribution in [0.4, 0.5) is 8.78 Å². The van der Waals surface area contributed by atoms with Crippen LogP contribution in [-0.4, -0.2) is 23.2 Å². The van der Waals surface area contributed by atoms with Crippen molar-refractivity contribution in [1.82, 2.24) is 4.98 Å². The maximum absolute atomic E-state index is 12.6. The molecule has 4 nitrogen and oxygen atoms in total. The Bertz CT molecular complexity index is 412. The van der Waals surface area contributed by atoms with Crippen LogP contribution in [0.5, 0.6) is 5.75 Å². The van der Waals surface area contributed by atoms with Crippen molar-refractivity contribution in [2.45, 2.75) is 12.8 Å². The fraction of sp³-hybridized carbons (Fsp3) is 0.333.